The first-order valence-corrected chi connectivity index (χ1v) is 11.4. The van der Waals surface area contributed by atoms with E-state index in [4.69, 9.17) is 0 Å². The van der Waals surface area contributed by atoms with E-state index in [-0.39, 0.29) is 24.2 Å². The van der Waals surface area contributed by atoms with E-state index in [2.05, 4.69) is 9.97 Å². The van der Waals surface area contributed by atoms with Gasteiger partial charge in [0, 0.05) is 41.3 Å². The highest BCUT2D eigenvalue weighted by Gasteiger charge is 2.32. The Morgan fingerprint density at radius 3 is 1.34 bits per heavy atom. The molecule has 0 unspecified atom stereocenters. The lowest BCUT2D eigenvalue weighted by Crippen LogP contribution is -2.45. The molecule has 188 valence electrons. The van der Waals surface area contributed by atoms with Crippen LogP contribution in [0.1, 0.15) is 34.1 Å². The molecule has 0 radical (unpaired) electrons. The lowest BCUT2D eigenvalue weighted by Gasteiger charge is -2.35. The maximum Gasteiger partial charge on any atom is 0.332 e. The van der Waals surface area contributed by atoms with Crippen molar-refractivity contribution in [2.45, 2.75) is 47.2 Å². The summed E-state index contributed by atoms with van der Waals surface area (Å²) < 4.78 is 8.47. The van der Waals surface area contributed by atoms with Gasteiger partial charge in [-0.3, -0.25) is 27.9 Å². The van der Waals surface area contributed by atoms with Gasteiger partial charge in [0.2, 0.25) is 0 Å². The van der Waals surface area contributed by atoms with Crippen molar-refractivity contribution in [3.63, 3.8) is 0 Å². The first-order chi connectivity index (χ1) is 16.1. The summed E-state index contributed by atoms with van der Waals surface area (Å²) in [5.41, 5.74) is -1.23. The Morgan fingerprint density at radius 2 is 1.00 bits per heavy atom. The highest BCUT2D eigenvalue weighted by atomic mass is 16.2. The topological polar surface area (TPSA) is 124 Å². The molecule has 4 aromatic heterocycles. The Hall–Kier alpha value is -3.70. The van der Waals surface area contributed by atoms with Crippen LogP contribution in [0.2, 0.25) is 0 Å². The van der Waals surface area contributed by atoms with Crippen LogP contribution in [0, 0.1) is 10.8 Å². The van der Waals surface area contributed by atoms with Crippen molar-refractivity contribution in [3.8, 4) is 0 Å². The fourth-order valence-electron chi connectivity index (χ4n) is 5.33. The highest BCUT2D eigenvalue weighted by Crippen LogP contribution is 2.35. The molecule has 0 bridgehead atoms. The lowest BCUT2D eigenvalue weighted by atomic mass is 9.75. The number of hydrogen-bond donors (Lipinski definition) is 0. The fourth-order valence-corrected chi connectivity index (χ4v) is 5.33. The number of aromatic nitrogens is 8. The van der Waals surface area contributed by atoms with Gasteiger partial charge in [-0.25, -0.2) is 19.6 Å². The van der Waals surface area contributed by atoms with Crippen molar-refractivity contribution in [1.29, 1.82) is 0 Å². The molecule has 0 aliphatic rings. The van der Waals surface area contributed by atoms with Crippen LogP contribution in [-0.4, -0.2) is 37.4 Å². The molecule has 12 heteroatoms. The lowest BCUT2D eigenvalue weighted by molar-refractivity contribution is 0.146. The molecular weight excluding hydrogens is 452 g/mol. The number of fused-ring (bicyclic) bond motifs is 2. The van der Waals surface area contributed by atoms with Crippen molar-refractivity contribution in [2.24, 2.45) is 39.0 Å². The number of aryl methyl sites for hydroxylation is 4. The summed E-state index contributed by atoms with van der Waals surface area (Å²) in [5.74, 6) is 0. The first-order valence-electron chi connectivity index (χ1n) is 11.4. The third-order valence-corrected chi connectivity index (χ3v) is 6.53. The van der Waals surface area contributed by atoms with E-state index >= 15 is 0 Å². The monoisotopic (exact) mass is 484 g/mol. The van der Waals surface area contributed by atoms with E-state index in [9.17, 15) is 19.2 Å². The Morgan fingerprint density at radius 1 is 0.657 bits per heavy atom. The third-order valence-electron chi connectivity index (χ3n) is 6.53. The zero-order valence-electron chi connectivity index (χ0n) is 21.5. The van der Waals surface area contributed by atoms with Crippen LogP contribution in [0.3, 0.4) is 0 Å². The van der Waals surface area contributed by atoms with Crippen LogP contribution in [0.5, 0.6) is 0 Å². The quantitative estimate of drug-likeness (QED) is 0.388. The molecule has 0 saturated carbocycles. The SMILES string of the molecule is Cn1cnc2c1c(=O)n(CC(C)(C)CC(C)(C)Cn1c(=O)c3c(ncn3C)n(C)c1=O)c(=O)n2C. The molecule has 0 fully saturated rings. The highest BCUT2D eigenvalue weighted by molar-refractivity contribution is 5.70. The maximum atomic E-state index is 13.2. The van der Waals surface area contributed by atoms with E-state index in [0.29, 0.717) is 28.7 Å². The van der Waals surface area contributed by atoms with Crippen molar-refractivity contribution in [1.82, 2.24) is 37.4 Å². The molecule has 4 rings (SSSR count). The van der Waals surface area contributed by atoms with Crippen LogP contribution in [0.25, 0.3) is 22.3 Å². The van der Waals surface area contributed by atoms with Gasteiger partial charge in [-0.2, -0.15) is 0 Å². The van der Waals surface area contributed by atoms with Crippen molar-refractivity contribution < 1.29 is 0 Å². The number of rotatable bonds is 6. The van der Waals surface area contributed by atoms with Gasteiger partial charge >= 0.3 is 11.4 Å². The molecule has 4 heterocycles. The number of hydrogen-bond acceptors (Lipinski definition) is 6. The molecule has 4 aromatic rings. The summed E-state index contributed by atoms with van der Waals surface area (Å²) in [6.45, 7) is 8.24. The first kappa shape index (κ1) is 24.4. The predicted molar refractivity (Wildman–Crippen MR) is 133 cm³/mol. The smallest absolute Gasteiger partial charge is 0.328 e. The van der Waals surface area contributed by atoms with Gasteiger partial charge in [-0.05, 0) is 17.3 Å². The predicted octanol–water partition coefficient (Wildman–Crippen LogP) is 0.324. The van der Waals surface area contributed by atoms with E-state index in [1.54, 1.807) is 37.3 Å². The van der Waals surface area contributed by atoms with Crippen molar-refractivity contribution in [2.75, 3.05) is 0 Å². The molecule has 0 N–H and O–H groups in total. The average Bonchev–Trinajstić information content (AvgIpc) is 3.33. The van der Waals surface area contributed by atoms with Crippen LogP contribution >= 0.6 is 0 Å². The third kappa shape index (κ3) is 3.96. The summed E-state index contributed by atoms with van der Waals surface area (Å²) >= 11 is 0. The van der Waals surface area contributed by atoms with E-state index in [0.717, 1.165) is 0 Å². The second-order valence-electron chi connectivity index (χ2n) is 11.0. The standard InChI is InChI=1S/C23H32N8O4/c1-22(2,10-30-18(32)14-16(24-12-26(14)5)28(7)20(30)34)9-23(3,4)11-31-19(33)15-17(25-13-27(15)6)29(8)21(31)35/h12-13H,9-11H2,1-8H3. The molecule has 12 nitrogen and oxygen atoms in total. The summed E-state index contributed by atoms with van der Waals surface area (Å²) in [4.78, 5) is 60.6. The van der Waals surface area contributed by atoms with Crippen LogP contribution in [-0.2, 0) is 41.3 Å². The minimum atomic E-state index is -0.503. The Balaban J connectivity index is 1.70. The summed E-state index contributed by atoms with van der Waals surface area (Å²) in [5, 5.41) is 0. The van der Waals surface area contributed by atoms with Gasteiger partial charge in [0.05, 0.1) is 12.7 Å². The Labute approximate surface area is 200 Å². The normalized spacial score (nSPS) is 12.8. The average molecular weight is 485 g/mol. The zero-order valence-corrected chi connectivity index (χ0v) is 21.5. The summed E-state index contributed by atoms with van der Waals surface area (Å²) in [6.07, 6.45) is 3.57. The van der Waals surface area contributed by atoms with Crippen LogP contribution in [0.4, 0.5) is 0 Å². The molecular formula is C23H32N8O4. The fraction of sp³-hybridized carbons (Fsp3) is 0.565. The van der Waals surface area contributed by atoms with Crippen LogP contribution < -0.4 is 22.5 Å². The number of nitrogens with zero attached hydrogens (tertiary/aromatic N) is 8. The molecule has 0 amide bonds. The second kappa shape index (κ2) is 7.92. The van der Waals surface area contributed by atoms with Crippen LogP contribution in [0.15, 0.2) is 31.8 Å². The Bertz CT molecular complexity index is 1580. The minimum absolute atomic E-state index is 0.177. The Kier molecular flexibility index (Phi) is 5.53. The molecule has 0 aromatic carbocycles. The largest absolute Gasteiger partial charge is 0.332 e. The number of imidazole rings is 2. The summed E-state index contributed by atoms with van der Waals surface area (Å²) in [6, 6.07) is 0. The van der Waals surface area contributed by atoms with Gasteiger partial charge in [-0.1, -0.05) is 27.7 Å². The molecule has 0 spiro atoms. The van der Waals surface area contributed by atoms with Gasteiger partial charge in [0.25, 0.3) is 11.1 Å². The van der Waals surface area contributed by atoms with Crippen molar-refractivity contribution in [3.05, 3.63) is 54.3 Å². The molecule has 0 atom stereocenters. The van der Waals surface area contributed by atoms with Gasteiger partial charge in [0.15, 0.2) is 22.3 Å². The maximum absolute atomic E-state index is 13.2. The van der Waals surface area contributed by atoms with E-state index in [1.165, 1.54) is 30.9 Å². The van der Waals surface area contributed by atoms with E-state index in [1.807, 2.05) is 27.7 Å². The van der Waals surface area contributed by atoms with Gasteiger partial charge < -0.3 is 9.13 Å². The minimum Gasteiger partial charge on any atom is -0.328 e. The van der Waals surface area contributed by atoms with Crippen molar-refractivity contribution >= 4 is 22.3 Å². The second-order valence-corrected chi connectivity index (χ2v) is 11.0. The molecule has 0 aliphatic heterocycles. The molecule has 0 aliphatic carbocycles. The summed E-state index contributed by atoms with van der Waals surface area (Å²) in [7, 11) is 6.64. The van der Waals surface area contributed by atoms with Gasteiger partial charge in [0.1, 0.15) is 0 Å². The molecule has 35 heavy (non-hydrogen) atoms. The zero-order chi connectivity index (χ0) is 26.0. The van der Waals surface area contributed by atoms with E-state index < -0.39 is 22.2 Å². The van der Waals surface area contributed by atoms with Gasteiger partial charge in [-0.15, -0.1) is 0 Å². The molecule has 0 saturated heterocycles.